The maximum Gasteiger partial charge on any atom is 0.272 e. The van der Waals surface area contributed by atoms with Crippen LogP contribution in [0.2, 0.25) is 0 Å². The standard InChI is InChI=1S/C23H22N4O2S/c1-12-5-13(2)8-16(7-12)26-10-24-23-27(11-26)22(29)20(30-23)18-17-9-14(3)6-15(4)19(17)25-21(18)28/h5-9H,10-11H2,1-4H3,(H,25,28)/b20-18+. The van der Waals surface area contributed by atoms with Gasteiger partial charge in [0.05, 0.1) is 11.3 Å². The zero-order valence-corrected chi connectivity index (χ0v) is 18.2. The molecule has 152 valence electrons. The van der Waals surface area contributed by atoms with Gasteiger partial charge in [0.2, 0.25) is 0 Å². The number of thiazole rings is 1. The van der Waals surface area contributed by atoms with Gasteiger partial charge in [-0.1, -0.05) is 29.0 Å². The van der Waals surface area contributed by atoms with E-state index in [0.717, 1.165) is 28.1 Å². The van der Waals surface area contributed by atoms with E-state index in [9.17, 15) is 9.59 Å². The molecule has 1 N–H and O–H groups in total. The van der Waals surface area contributed by atoms with Gasteiger partial charge in [-0.3, -0.25) is 14.2 Å². The summed E-state index contributed by atoms with van der Waals surface area (Å²) in [5.41, 5.74) is 7.36. The first kappa shape index (κ1) is 18.8. The van der Waals surface area contributed by atoms with Crippen LogP contribution in [-0.4, -0.2) is 17.1 Å². The lowest BCUT2D eigenvalue weighted by molar-refractivity contribution is -0.110. The van der Waals surface area contributed by atoms with Gasteiger partial charge in [-0.05, 0) is 62.6 Å². The number of anilines is 2. The fraction of sp³-hybridized carbons (Fsp3) is 0.261. The van der Waals surface area contributed by atoms with Crippen molar-refractivity contribution in [3.63, 3.8) is 0 Å². The molecule has 0 spiro atoms. The van der Waals surface area contributed by atoms with Gasteiger partial charge in [0.1, 0.15) is 17.9 Å². The van der Waals surface area contributed by atoms with Crippen molar-refractivity contribution in [3.8, 4) is 0 Å². The largest absolute Gasteiger partial charge is 0.334 e. The molecule has 0 saturated carbocycles. The Balaban J connectivity index is 1.66. The first-order chi connectivity index (χ1) is 14.3. The van der Waals surface area contributed by atoms with Crippen molar-refractivity contribution in [1.82, 2.24) is 4.57 Å². The van der Waals surface area contributed by atoms with E-state index in [-0.39, 0.29) is 11.5 Å². The van der Waals surface area contributed by atoms with Crippen LogP contribution < -0.4 is 25.1 Å². The summed E-state index contributed by atoms with van der Waals surface area (Å²) in [4.78, 5) is 33.5. The third kappa shape index (κ3) is 2.89. The Hall–Kier alpha value is -3.19. The lowest BCUT2D eigenvalue weighted by Gasteiger charge is -2.26. The number of benzene rings is 2. The molecule has 3 heterocycles. The average molecular weight is 419 g/mol. The van der Waals surface area contributed by atoms with Crippen molar-refractivity contribution < 1.29 is 4.79 Å². The van der Waals surface area contributed by atoms with Gasteiger partial charge < -0.3 is 10.2 Å². The molecule has 0 radical (unpaired) electrons. The molecule has 2 aliphatic heterocycles. The molecule has 1 aromatic heterocycles. The molecule has 1 amide bonds. The van der Waals surface area contributed by atoms with E-state index >= 15 is 0 Å². The van der Waals surface area contributed by atoms with E-state index in [1.54, 1.807) is 4.57 Å². The van der Waals surface area contributed by atoms with E-state index in [2.05, 4.69) is 47.3 Å². The highest BCUT2D eigenvalue weighted by Gasteiger charge is 2.29. The molecule has 2 aromatic carbocycles. The molecule has 5 rings (SSSR count). The highest BCUT2D eigenvalue weighted by molar-refractivity contribution is 7.07. The fourth-order valence-electron chi connectivity index (χ4n) is 4.31. The Morgan fingerprint density at radius 2 is 1.67 bits per heavy atom. The summed E-state index contributed by atoms with van der Waals surface area (Å²) in [6.45, 7) is 9.00. The van der Waals surface area contributed by atoms with Gasteiger partial charge in [0.15, 0.2) is 4.80 Å². The summed E-state index contributed by atoms with van der Waals surface area (Å²) >= 11 is 1.30. The molecule has 30 heavy (non-hydrogen) atoms. The van der Waals surface area contributed by atoms with Crippen LogP contribution in [0.1, 0.15) is 27.8 Å². The van der Waals surface area contributed by atoms with Crippen molar-refractivity contribution in [3.05, 3.63) is 77.8 Å². The molecule has 0 aliphatic carbocycles. The van der Waals surface area contributed by atoms with Crippen LogP contribution in [0.15, 0.2) is 40.1 Å². The minimum atomic E-state index is -0.221. The smallest absolute Gasteiger partial charge is 0.272 e. The number of hydrogen-bond donors (Lipinski definition) is 1. The van der Waals surface area contributed by atoms with Crippen molar-refractivity contribution in [2.45, 2.75) is 34.4 Å². The predicted octanol–water partition coefficient (Wildman–Crippen LogP) is 2.35. The monoisotopic (exact) mass is 418 g/mol. The molecule has 0 fully saturated rings. The maximum absolute atomic E-state index is 13.3. The van der Waals surface area contributed by atoms with E-state index in [4.69, 9.17) is 0 Å². The van der Waals surface area contributed by atoms with Crippen LogP contribution in [-0.2, 0) is 11.5 Å². The second-order valence-corrected chi connectivity index (χ2v) is 9.08. The molecular weight excluding hydrogens is 396 g/mol. The van der Waals surface area contributed by atoms with Gasteiger partial charge in [0, 0.05) is 11.3 Å². The molecule has 2 aliphatic rings. The van der Waals surface area contributed by atoms with Crippen LogP contribution in [0.5, 0.6) is 0 Å². The summed E-state index contributed by atoms with van der Waals surface area (Å²) in [5, 5.41) is 2.94. The predicted molar refractivity (Wildman–Crippen MR) is 120 cm³/mol. The molecule has 3 aromatic rings. The minimum Gasteiger partial charge on any atom is -0.334 e. The van der Waals surface area contributed by atoms with E-state index in [1.807, 2.05) is 26.0 Å². The summed E-state index contributed by atoms with van der Waals surface area (Å²) in [5.74, 6) is -0.221. The number of carbonyl (C=O) groups is 1. The van der Waals surface area contributed by atoms with Crippen LogP contribution in [0.4, 0.5) is 11.4 Å². The number of nitrogens with zero attached hydrogens (tertiary/aromatic N) is 3. The van der Waals surface area contributed by atoms with Crippen LogP contribution >= 0.6 is 11.3 Å². The number of aromatic nitrogens is 1. The van der Waals surface area contributed by atoms with Crippen molar-refractivity contribution in [2.75, 3.05) is 16.9 Å². The molecule has 0 atom stereocenters. The third-order valence-electron chi connectivity index (χ3n) is 5.57. The molecule has 0 saturated heterocycles. The van der Waals surface area contributed by atoms with Crippen molar-refractivity contribution in [1.29, 1.82) is 0 Å². The first-order valence-corrected chi connectivity index (χ1v) is 10.7. The van der Waals surface area contributed by atoms with Gasteiger partial charge in [-0.2, -0.15) is 0 Å². The normalized spacial score (nSPS) is 16.8. The topological polar surface area (TPSA) is 66.7 Å². The summed E-state index contributed by atoms with van der Waals surface area (Å²) in [6, 6.07) is 10.3. The summed E-state index contributed by atoms with van der Waals surface area (Å²) in [7, 11) is 0. The Morgan fingerprint density at radius 3 is 2.40 bits per heavy atom. The van der Waals surface area contributed by atoms with Gasteiger partial charge >= 0.3 is 0 Å². The molecular formula is C23H22N4O2S. The van der Waals surface area contributed by atoms with E-state index < -0.39 is 0 Å². The third-order valence-corrected chi connectivity index (χ3v) is 6.68. The summed E-state index contributed by atoms with van der Waals surface area (Å²) < 4.78 is 2.12. The number of amides is 1. The number of carbonyl (C=O) groups excluding carboxylic acids is 1. The minimum absolute atomic E-state index is 0.162. The quantitative estimate of drug-likeness (QED) is 0.660. The zero-order valence-electron chi connectivity index (χ0n) is 17.4. The van der Waals surface area contributed by atoms with Crippen LogP contribution in [0.3, 0.4) is 0 Å². The van der Waals surface area contributed by atoms with Crippen LogP contribution in [0.25, 0.3) is 5.57 Å². The zero-order chi connectivity index (χ0) is 21.2. The van der Waals surface area contributed by atoms with Gasteiger partial charge in [0.25, 0.3) is 11.5 Å². The highest BCUT2D eigenvalue weighted by atomic mass is 32.1. The van der Waals surface area contributed by atoms with E-state index in [1.165, 1.54) is 22.5 Å². The Morgan fingerprint density at radius 1 is 0.967 bits per heavy atom. The van der Waals surface area contributed by atoms with Crippen molar-refractivity contribution >= 4 is 34.2 Å². The van der Waals surface area contributed by atoms with Crippen molar-refractivity contribution in [2.24, 2.45) is 4.99 Å². The van der Waals surface area contributed by atoms with E-state index in [0.29, 0.717) is 28.2 Å². The molecule has 7 heteroatoms. The fourth-order valence-corrected chi connectivity index (χ4v) is 5.37. The second kappa shape index (κ2) is 6.67. The van der Waals surface area contributed by atoms with Crippen LogP contribution in [0, 0.1) is 27.7 Å². The Bertz CT molecular complexity index is 1390. The number of rotatable bonds is 1. The maximum atomic E-state index is 13.3. The van der Waals surface area contributed by atoms with Gasteiger partial charge in [-0.15, -0.1) is 0 Å². The Labute approximate surface area is 177 Å². The number of aryl methyl sites for hydroxylation is 4. The lowest BCUT2D eigenvalue weighted by atomic mass is 10.0. The number of fused-ring (bicyclic) bond motifs is 2. The SMILES string of the molecule is Cc1cc(C)cc(N2CN=c3s/c(=C4/C(=O)Nc5c(C)cc(C)cc54)c(=O)n3C2)c1. The highest BCUT2D eigenvalue weighted by Crippen LogP contribution is 2.33. The molecule has 0 bridgehead atoms. The second-order valence-electron chi connectivity index (χ2n) is 8.11. The average Bonchev–Trinajstić information content (AvgIpc) is 3.17. The van der Waals surface area contributed by atoms with Gasteiger partial charge in [-0.25, -0.2) is 4.99 Å². The Kier molecular flexibility index (Phi) is 4.18. The lowest BCUT2D eigenvalue weighted by Crippen LogP contribution is -2.43. The first-order valence-electron chi connectivity index (χ1n) is 9.86. The summed E-state index contributed by atoms with van der Waals surface area (Å²) in [6.07, 6.45) is 0. The number of nitrogens with one attached hydrogen (secondary N) is 1. The number of hydrogen-bond acceptors (Lipinski definition) is 5. The molecule has 0 unspecified atom stereocenters. The molecule has 6 nitrogen and oxygen atoms in total.